The highest BCUT2D eigenvalue weighted by Gasteiger charge is 2.43. The molecule has 3 aromatic heterocycles. The molecule has 1 unspecified atom stereocenters. The van der Waals surface area contributed by atoms with E-state index in [1.807, 2.05) is 0 Å². The van der Waals surface area contributed by atoms with Crippen LogP contribution >= 0.6 is 0 Å². The number of nitrogens with zero attached hydrogens (tertiary/aromatic N) is 6. The Kier molecular flexibility index (Phi) is 6.25. The maximum absolute atomic E-state index is 14.7. The van der Waals surface area contributed by atoms with Gasteiger partial charge in [-0.3, -0.25) is 5.10 Å². The lowest BCUT2D eigenvalue weighted by Gasteiger charge is -2.18. The minimum absolute atomic E-state index is 0.0286. The molecule has 37 heavy (non-hydrogen) atoms. The van der Waals surface area contributed by atoms with Gasteiger partial charge in [0, 0.05) is 48.7 Å². The van der Waals surface area contributed by atoms with Crippen molar-refractivity contribution in [2.45, 2.75) is 19.0 Å². The highest BCUT2D eigenvalue weighted by molar-refractivity contribution is 5.70. The number of rotatable bonds is 6. The topological polar surface area (TPSA) is 87.6 Å². The Morgan fingerprint density at radius 2 is 1.92 bits per heavy atom. The smallest absolute Gasteiger partial charge is 0.356 e. The molecule has 0 bridgehead atoms. The van der Waals surface area contributed by atoms with Crippen molar-refractivity contribution in [1.29, 1.82) is 0 Å². The molecule has 1 fully saturated rings. The van der Waals surface area contributed by atoms with Crippen molar-refractivity contribution in [1.82, 2.24) is 29.9 Å². The van der Waals surface area contributed by atoms with Gasteiger partial charge in [0.25, 0.3) is 6.43 Å². The predicted molar refractivity (Wildman–Crippen MR) is 123 cm³/mol. The fourth-order valence-corrected chi connectivity index (χ4v) is 4.17. The van der Waals surface area contributed by atoms with Crippen molar-refractivity contribution in [2.24, 2.45) is 13.0 Å². The summed E-state index contributed by atoms with van der Waals surface area (Å²) in [6, 6.07) is 7.30. The van der Waals surface area contributed by atoms with Crippen LogP contribution in [0.4, 0.5) is 43.8 Å². The second kappa shape index (κ2) is 9.41. The van der Waals surface area contributed by atoms with Crippen molar-refractivity contribution in [3.63, 3.8) is 0 Å². The summed E-state index contributed by atoms with van der Waals surface area (Å²) in [4.78, 5) is 10.3. The van der Waals surface area contributed by atoms with Crippen molar-refractivity contribution in [3.8, 4) is 22.5 Å². The summed E-state index contributed by atoms with van der Waals surface area (Å²) in [5, 5.41) is 13.0. The number of alkyl halides is 5. The van der Waals surface area contributed by atoms with E-state index in [0.29, 0.717) is 22.9 Å². The first-order chi connectivity index (χ1) is 17.6. The lowest BCUT2D eigenvalue weighted by molar-refractivity contribution is -0.168. The molecule has 1 aromatic carbocycles. The molecule has 1 saturated heterocycles. The van der Waals surface area contributed by atoms with E-state index < -0.39 is 30.0 Å². The van der Waals surface area contributed by atoms with Gasteiger partial charge in [-0.05, 0) is 36.8 Å². The molecule has 0 spiro atoms. The first kappa shape index (κ1) is 24.6. The summed E-state index contributed by atoms with van der Waals surface area (Å²) >= 11 is 0. The molecule has 2 N–H and O–H groups in total. The summed E-state index contributed by atoms with van der Waals surface area (Å²) in [5.41, 5.74) is 0.326. The first-order valence-electron chi connectivity index (χ1n) is 11.2. The molecule has 1 aliphatic rings. The van der Waals surface area contributed by atoms with Gasteiger partial charge in [0.1, 0.15) is 17.3 Å². The summed E-state index contributed by atoms with van der Waals surface area (Å²) in [5.74, 6) is -1.09. The van der Waals surface area contributed by atoms with E-state index in [0.717, 1.165) is 12.3 Å². The number of hydrogen-bond acceptors (Lipinski definition) is 6. The average molecular weight is 522 g/mol. The minimum Gasteiger partial charge on any atom is -0.356 e. The van der Waals surface area contributed by atoms with E-state index in [4.69, 9.17) is 0 Å². The quantitative estimate of drug-likeness (QED) is 0.327. The largest absolute Gasteiger partial charge is 0.393 e. The van der Waals surface area contributed by atoms with E-state index >= 15 is 0 Å². The predicted octanol–water partition coefficient (Wildman–Crippen LogP) is 5.48. The third kappa shape index (κ3) is 4.95. The highest BCUT2D eigenvalue weighted by Crippen LogP contribution is 2.35. The molecule has 14 heteroatoms. The van der Waals surface area contributed by atoms with E-state index in [2.05, 4.69) is 30.6 Å². The van der Waals surface area contributed by atoms with Gasteiger partial charge in [-0.1, -0.05) is 0 Å². The molecule has 8 nitrogen and oxygen atoms in total. The summed E-state index contributed by atoms with van der Waals surface area (Å²) in [6.45, 7) is 0.136. The molecule has 0 radical (unpaired) electrons. The van der Waals surface area contributed by atoms with Crippen LogP contribution in [-0.4, -0.2) is 49.2 Å². The fourth-order valence-electron chi connectivity index (χ4n) is 4.17. The number of H-pyrrole nitrogens is 1. The molecule has 4 aromatic rings. The summed E-state index contributed by atoms with van der Waals surface area (Å²) in [6.07, 6.45) is -4.41. The lowest BCUT2D eigenvalue weighted by Crippen LogP contribution is -2.27. The van der Waals surface area contributed by atoms with Crippen LogP contribution in [-0.2, 0) is 7.05 Å². The molecule has 1 aliphatic heterocycles. The number of aromatic amines is 1. The first-order valence-corrected chi connectivity index (χ1v) is 11.2. The zero-order valence-corrected chi connectivity index (χ0v) is 19.3. The minimum atomic E-state index is -4.23. The molecule has 4 heterocycles. The molecule has 0 amide bonds. The van der Waals surface area contributed by atoms with Crippen molar-refractivity contribution >= 4 is 17.5 Å². The maximum atomic E-state index is 14.7. The zero-order valence-electron chi connectivity index (χ0n) is 19.3. The third-order valence-electron chi connectivity index (χ3n) is 6.15. The van der Waals surface area contributed by atoms with Gasteiger partial charge in [-0.15, -0.1) is 5.10 Å². The normalized spacial score (nSPS) is 16.1. The molecule has 1 atom stereocenters. The molecule has 0 saturated carbocycles. The Morgan fingerprint density at radius 3 is 2.57 bits per heavy atom. The van der Waals surface area contributed by atoms with Gasteiger partial charge >= 0.3 is 6.18 Å². The standard InChI is InChI=1S/C23H20F6N8/c1-36-22(32-14-3-4-15(17(24)8-14)16-10-31-34-19(16)20(25)26)33-21(35-36)12-2-5-18(30-9-12)37-7-6-13(11-37)23(27,28)29/h2-5,8-10,13,20H,6-7,11H2,1H3,(H,31,34)(H,32,33,35). The highest BCUT2D eigenvalue weighted by atomic mass is 19.4. The van der Waals surface area contributed by atoms with Crippen LogP contribution in [0.5, 0.6) is 0 Å². The van der Waals surface area contributed by atoms with E-state index in [1.54, 1.807) is 24.1 Å². The number of pyridine rings is 1. The van der Waals surface area contributed by atoms with Crippen molar-refractivity contribution in [3.05, 3.63) is 54.2 Å². The van der Waals surface area contributed by atoms with Crippen LogP contribution in [0.2, 0.25) is 0 Å². The van der Waals surface area contributed by atoms with Gasteiger partial charge in [-0.25, -0.2) is 22.8 Å². The molecular formula is C23H20F6N8. The number of hydrogen-bond donors (Lipinski definition) is 2. The Balaban J connectivity index is 1.30. The van der Waals surface area contributed by atoms with Gasteiger partial charge in [0.15, 0.2) is 5.82 Å². The second-order valence-electron chi connectivity index (χ2n) is 8.58. The van der Waals surface area contributed by atoms with E-state index in [-0.39, 0.29) is 36.6 Å². The number of aryl methyl sites for hydroxylation is 1. The number of anilines is 3. The summed E-state index contributed by atoms with van der Waals surface area (Å²) < 4.78 is 81.3. The molecule has 194 valence electrons. The van der Waals surface area contributed by atoms with Crippen LogP contribution in [0.25, 0.3) is 22.5 Å². The van der Waals surface area contributed by atoms with Crippen LogP contribution < -0.4 is 10.2 Å². The van der Waals surface area contributed by atoms with E-state index in [1.165, 1.54) is 23.0 Å². The average Bonchev–Trinajstić information content (AvgIpc) is 3.59. The number of halogens is 6. The Hall–Kier alpha value is -4.10. The number of aromatic nitrogens is 6. The number of nitrogens with one attached hydrogen (secondary N) is 2. The van der Waals surface area contributed by atoms with Crippen LogP contribution in [0.15, 0.2) is 42.7 Å². The van der Waals surface area contributed by atoms with E-state index in [9.17, 15) is 26.3 Å². The SMILES string of the molecule is Cn1nc(-c2ccc(N3CCC(C(F)(F)F)C3)nc2)nc1Nc1ccc(-c2cn[nH]c2C(F)F)c(F)c1. The van der Waals surface area contributed by atoms with Crippen LogP contribution in [0.1, 0.15) is 18.5 Å². The number of benzene rings is 1. The van der Waals surface area contributed by atoms with Gasteiger partial charge in [0.05, 0.1) is 12.1 Å². The van der Waals surface area contributed by atoms with Crippen molar-refractivity contribution in [2.75, 3.05) is 23.3 Å². The summed E-state index contributed by atoms with van der Waals surface area (Å²) in [7, 11) is 1.62. The molecule has 5 rings (SSSR count). The molecule has 0 aliphatic carbocycles. The van der Waals surface area contributed by atoms with Crippen molar-refractivity contribution < 1.29 is 26.3 Å². The van der Waals surface area contributed by atoms with Crippen LogP contribution in [0.3, 0.4) is 0 Å². The lowest BCUT2D eigenvalue weighted by atomic mass is 10.1. The van der Waals surface area contributed by atoms with Gasteiger partial charge < -0.3 is 10.2 Å². The fraction of sp³-hybridized carbons (Fsp3) is 0.304. The maximum Gasteiger partial charge on any atom is 0.393 e. The van der Waals surface area contributed by atoms with Gasteiger partial charge in [0.2, 0.25) is 5.95 Å². The van der Waals surface area contributed by atoms with Crippen LogP contribution in [0, 0.1) is 11.7 Å². The Labute approximate surface area is 206 Å². The Morgan fingerprint density at radius 1 is 1.11 bits per heavy atom. The Bertz CT molecular complexity index is 1400. The third-order valence-corrected chi connectivity index (χ3v) is 6.15. The second-order valence-corrected chi connectivity index (χ2v) is 8.58. The monoisotopic (exact) mass is 522 g/mol. The molecular weight excluding hydrogens is 502 g/mol. The zero-order chi connectivity index (χ0) is 26.3. The van der Waals surface area contributed by atoms with Gasteiger partial charge in [-0.2, -0.15) is 23.3 Å².